The van der Waals surface area contributed by atoms with Gasteiger partial charge in [0.1, 0.15) is 17.3 Å². The first-order valence-electron chi connectivity index (χ1n) is 9.68. The Morgan fingerprint density at radius 1 is 1.00 bits per heavy atom. The van der Waals surface area contributed by atoms with Crippen molar-refractivity contribution in [1.82, 2.24) is 9.97 Å². The van der Waals surface area contributed by atoms with E-state index < -0.39 is 0 Å². The molecule has 2 N–H and O–H groups in total. The zero-order valence-electron chi connectivity index (χ0n) is 16.8. The summed E-state index contributed by atoms with van der Waals surface area (Å²) in [6.07, 6.45) is 3.37. The van der Waals surface area contributed by atoms with Crippen molar-refractivity contribution < 1.29 is 9.15 Å². The van der Waals surface area contributed by atoms with Gasteiger partial charge in [-0.05, 0) is 50.2 Å². The molecular weight excluding hydrogens is 376 g/mol. The smallest absolute Gasteiger partial charge is 0.226 e. The van der Waals surface area contributed by atoms with Crippen LogP contribution in [0.2, 0.25) is 0 Å². The van der Waals surface area contributed by atoms with Crippen LogP contribution in [-0.4, -0.2) is 21.9 Å². The number of benzene rings is 2. The molecule has 0 aliphatic rings. The third-order valence-electron chi connectivity index (χ3n) is 4.30. The van der Waals surface area contributed by atoms with Gasteiger partial charge in [-0.3, -0.25) is 4.98 Å². The van der Waals surface area contributed by atoms with Gasteiger partial charge in [0, 0.05) is 17.8 Å². The summed E-state index contributed by atoms with van der Waals surface area (Å²) in [6, 6.07) is 20.9. The zero-order valence-corrected chi connectivity index (χ0v) is 16.8. The maximum absolute atomic E-state index is 6.11. The van der Waals surface area contributed by atoms with Crippen LogP contribution >= 0.6 is 0 Å². The van der Waals surface area contributed by atoms with E-state index in [4.69, 9.17) is 14.9 Å². The Kier molecular flexibility index (Phi) is 5.57. The fourth-order valence-corrected chi connectivity index (χ4v) is 2.96. The SMILES string of the molecule is CC(C)Oc1cc(N=C(N)c2ccccn2)ccc1-c1cnc(-c2ccccc2)o1. The lowest BCUT2D eigenvalue weighted by molar-refractivity contribution is 0.243. The van der Waals surface area contributed by atoms with Gasteiger partial charge in [0.25, 0.3) is 0 Å². The number of aromatic nitrogens is 2. The highest BCUT2D eigenvalue weighted by molar-refractivity contribution is 5.97. The van der Waals surface area contributed by atoms with Gasteiger partial charge in [-0.25, -0.2) is 9.98 Å². The second-order valence-corrected chi connectivity index (χ2v) is 6.95. The van der Waals surface area contributed by atoms with Crippen molar-refractivity contribution in [2.75, 3.05) is 0 Å². The predicted octanol–water partition coefficient (Wildman–Crippen LogP) is 5.23. The summed E-state index contributed by atoms with van der Waals surface area (Å²) in [5.41, 5.74) is 9.12. The van der Waals surface area contributed by atoms with Crippen LogP contribution in [0.3, 0.4) is 0 Å². The van der Waals surface area contributed by atoms with Gasteiger partial charge in [0.05, 0.1) is 23.6 Å². The van der Waals surface area contributed by atoms with E-state index >= 15 is 0 Å². The molecule has 0 unspecified atom stereocenters. The van der Waals surface area contributed by atoms with E-state index in [1.165, 1.54) is 0 Å². The number of aliphatic imine (C=N–C) groups is 1. The van der Waals surface area contributed by atoms with Crippen molar-refractivity contribution in [3.63, 3.8) is 0 Å². The number of oxazole rings is 1. The molecule has 150 valence electrons. The van der Waals surface area contributed by atoms with E-state index in [-0.39, 0.29) is 6.10 Å². The lowest BCUT2D eigenvalue weighted by Gasteiger charge is -2.13. The Balaban J connectivity index is 1.70. The lowest BCUT2D eigenvalue weighted by atomic mass is 10.1. The van der Waals surface area contributed by atoms with E-state index in [2.05, 4.69) is 15.0 Å². The molecule has 2 aromatic heterocycles. The number of nitrogens with zero attached hydrogens (tertiary/aromatic N) is 3. The van der Waals surface area contributed by atoms with Gasteiger partial charge in [-0.1, -0.05) is 24.3 Å². The number of hydrogen-bond donors (Lipinski definition) is 1. The normalized spacial score (nSPS) is 11.6. The van der Waals surface area contributed by atoms with Crippen LogP contribution < -0.4 is 10.5 Å². The standard InChI is InChI=1S/C24H22N4O2/c1-16(2)29-21-14-18(28-23(25)20-10-6-7-13-26-20)11-12-19(21)22-15-27-24(30-22)17-8-4-3-5-9-17/h3-16H,1-2H3,(H2,25,28). The predicted molar refractivity (Wildman–Crippen MR) is 118 cm³/mol. The fraction of sp³-hybridized carbons (Fsp3) is 0.125. The van der Waals surface area contributed by atoms with Crippen LogP contribution in [0.25, 0.3) is 22.8 Å². The number of ether oxygens (including phenoxy) is 1. The van der Waals surface area contributed by atoms with E-state index in [1.54, 1.807) is 12.4 Å². The molecule has 0 saturated carbocycles. The first-order chi connectivity index (χ1) is 14.6. The third kappa shape index (κ3) is 4.38. The van der Waals surface area contributed by atoms with Crippen molar-refractivity contribution in [3.05, 3.63) is 84.8 Å². The number of rotatable bonds is 6. The van der Waals surface area contributed by atoms with Crippen LogP contribution in [-0.2, 0) is 0 Å². The van der Waals surface area contributed by atoms with Gasteiger partial charge < -0.3 is 14.9 Å². The van der Waals surface area contributed by atoms with Crippen molar-refractivity contribution in [2.24, 2.45) is 10.7 Å². The van der Waals surface area contributed by atoms with Gasteiger partial charge in [0.2, 0.25) is 5.89 Å². The van der Waals surface area contributed by atoms with Crippen molar-refractivity contribution >= 4 is 11.5 Å². The summed E-state index contributed by atoms with van der Waals surface area (Å²) in [7, 11) is 0. The molecule has 0 saturated heterocycles. The Hall–Kier alpha value is -3.93. The average Bonchev–Trinajstić information content (AvgIpc) is 3.25. The van der Waals surface area contributed by atoms with E-state index in [0.29, 0.717) is 34.6 Å². The first kappa shape index (κ1) is 19.4. The molecule has 2 aromatic carbocycles. The molecule has 4 aromatic rings. The largest absolute Gasteiger partial charge is 0.490 e. The second kappa shape index (κ2) is 8.61. The maximum Gasteiger partial charge on any atom is 0.226 e. The summed E-state index contributed by atoms with van der Waals surface area (Å²) in [6.45, 7) is 3.94. The van der Waals surface area contributed by atoms with E-state index in [1.807, 2.05) is 80.6 Å². The minimum Gasteiger partial charge on any atom is -0.490 e. The number of amidine groups is 1. The van der Waals surface area contributed by atoms with Gasteiger partial charge in [0.15, 0.2) is 5.76 Å². The summed E-state index contributed by atoms with van der Waals surface area (Å²) in [5.74, 6) is 2.17. The zero-order chi connectivity index (χ0) is 20.9. The second-order valence-electron chi connectivity index (χ2n) is 6.95. The highest BCUT2D eigenvalue weighted by atomic mass is 16.5. The van der Waals surface area contributed by atoms with Crippen LogP contribution in [0.5, 0.6) is 5.75 Å². The highest BCUT2D eigenvalue weighted by Gasteiger charge is 2.15. The average molecular weight is 398 g/mol. The van der Waals surface area contributed by atoms with Gasteiger partial charge >= 0.3 is 0 Å². The Morgan fingerprint density at radius 2 is 1.80 bits per heavy atom. The summed E-state index contributed by atoms with van der Waals surface area (Å²) in [5, 5.41) is 0. The minimum absolute atomic E-state index is 0.0207. The molecule has 30 heavy (non-hydrogen) atoms. The number of pyridine rings is 1. The highest BCUT2D eigenvalue weighted by Crippen LogP contribution is 2.36. The Morgan fingerprint density at radius 3 is 2.53 bits per heavy atom. The summed E-state index contributed by atoms with van der Waals surface area (Å²) >= 11 is 0. The molecule has 2 heterocycles. The number of nitrogens with two attached hydrogens (primary N) is 1. The fourth-order valence-electron chi connectivity index (χ4n) is 2.96. The molecule has 4 rings (SSSR count). The molecule has 6 nitrogen and oxygen atoms in total. The minimum atomic E-state index is -0.0207. The monoisotopic (exact) mass is 398 g/mol. The topological polar surface area (TPSA) is 86.5 Å². The van der Waals surface area contributed by atoms with Crippen LogP contribution in [0.1, 0.15) is 19.5 Å². The molecule has 6 heteroatoms. The molecule has 0 atom stereocenters. The Bertz CT molecular complexity index is 1150. The maximum atomic E-state index is 6.11. The third-order valence-corrected chi connectivity index (χ3v) is 4.30. The summed E-state index contributed by atoms with van der Waals surface area (Å²) in [4.78, 5) is 13.1. The van der Waals surface area contributed by atoms with Crippen LogP contribution in [0.4, 0.5) is 5.69 Å². The van der Waals surface area contributed by atoms with Crippen molar-refractivity contribution in [2.45, 2.75) is 20.0 Å². The van der Waals surface area contributed by atoms with Crippen molar-refractivity contribution in [1.29, 1.82) is 0 Å². The lowest BCUT2D eigenvalue weighted by Crippen LogP contribution is -2.14. The molecular formula is C24H22N4O2. The van der Waals surface area contributed by atoms with Crippen LogP contribution in [0.15, 0.2) is 88.5 Å². The molecule has 0 spiro atoms. The molecule has 0 radical (unpaired) electrons. The molecule has 0 aliphatic heterocycles. The molecule has 0 aliphatic carbocycles. The van der Waals surface area contributed by atoms with Crippen LogP contribution in [0, 0.1) is 0 Å². The molecule has 0 fully saturated rings. The quantitative estimate of drug-likeness (QED) is 0.355. The van der Waals surface area contributed by atoms with E-state index in [0.717, 1.165) is 11.1 Å². The first-order valence-corrected chi connectivity index (χ1v) is 9.68. The van der Waals surface area contributed by atoms with Crippen molar-refractivity contribution in [3.8, 4) is 28.5 Å². The number of hydrogen-bond acceptors (Lipinski definition) is 5. The molecule has 0 bridgehead atoms. The Labute approximate surface area is 175 Å². The summed E-state index contributed by atoms with van der Waals surface area (Å²) < 4.78 is 12.0. The molecule has 0 amide bonds. The van der Waals surface area contributed by atoms with Gasteiger partial charge in [-0.15, -0.1) is 0 Å². The van der Waals surface area contributed by atoms with E-state index in [9.17, 15) is 0 Å². The van der Waals surface area contributed by atoms with Gasteiger partial charge in [-0.2, -0.15) is 0 Å².